The molecule has 1 aliphatic heterocycles. The SMILES string of the molecule is CC(=O)C(=O)N[C@@H]1CNCCO[C@H]1c1ccc(Cl)c(Cl)c1. The van der Waals surface area contributed by atoms with E-state index in [1.165, 1.54) is 6.92 Å². The number of carbonyl (C=O) groups excluding carboxylic acids is 2. The summed E-state index contributed by atoms with van der Waals surface area (Å²) in [6, 6.07) is 4.84. The van der Waals surface area contributed by atoms with E-state index in [2.05, 4.69) is 10.6 Å². The van der Waals surface area contributed by atoms with Gasteiger partial charge < -0.3 is 15.4 Å². The van der Waals surface area contributed by atoms with Crippen molar-refractivity contribution in [2.45, 2.75) is 19.1 Å². The van der Waals surface area contributed by atoms with Crippen LogP contribution in [0.3, 0.4) is 0 Å². The molecule has 0 unspecified atom stereocenters. The van der Waals surface area contributed by atoms with Gasteiger partial charge in [-0.25, -0.2) is 0 Å². The summed E-state index contributed by atoms with van der Waals surface area (Å²) in [5, 5.41) is 6.72. The van der Waals surface area contributed by atoms with Crippen LogP contribution in [-0.4, -0.2) is 37.4 Å². The summed E-state index contributed by atoms with van der Waals surface area (Å²) in [6.45, 7) is 2.90. The molecule has 1 saturated heterocycles. The lowest BCUT2D eigenvalue weighted by Gasteiger charge is -2.26. The van der Waals surface area contributed by atoms with Crippen LogP contribution in [0.2, 0.25) is 10.0 Å². The maximum Gasteiger partial charge on any atom is 0.287 e. The van der Waals surface area contributed by atoms with E-state index in [1.54, 1.807) is 18.2 Å². The lowest BCUT2D eigenvalue weighted by atomic mass is 10.0. The second-order valence-corrected chi connectivity index (χ2v) is 5.62. The first-order valence-corrected chi connectivity index (χ1v) is 7.33. The molecule has 0 aliphatic carbocycles. The molecule has 2 rings (SSSR count). The first-order valence-electron chi connectivity index (χ1n) is 6.57. The Bertz CT molecular complexity index is 551. The molecule has 114 valence electrons. The average Bonchev–Trinajstić information content (AvgIpc) is 2.67. The zero-order valence-corrected chi connectivity index (χ0v) is 13.0. The van der Waals surface area contributed by atoms with Crippen LogP contribution in [0.5, 0.6) is 0 Å². The van der Waals surface area contributed by atoms with Crippen molar-refractivity contribution in [3.8, 4) is 0 Å². The van der Waals surface area contributed by atoms with Crippen molar-refractivity contribution in [1.82, 2.24) is 10.6 Å². The fourth-order valence-electron chi connectivity index (χ4n) is 2.15. The maximum absolute atomic E-state index is 11.6. The minimum atomic E-state index is -0.627. The number of hydrogen-bond donors (Lipinski definition) is 2. The van der Waals surface area contributed by atoms with E-state index in [0.717, 1.165) is 5.56 Å². The van der Waals surface area contributed by atoms with Crippen LogP contribution in [0.4, 0.5) is 0 Å². The van der Waals surface area contributed by atoms with Crippen LogP contribution >= 0.6 is 23.2 Å². The molecular formula is C14H16Cl2N2O3. The average molecular weight is 331 g/mol. The molecule has 21 heavy (non-hydrogen) atoms. The van der Waals surface area contributed by atoms with Gasteiger partial charge in [-0.1, -0.05) is 29.3 Å². The molecule has 0 bridgehead atoms. The highest BCUT2D eigenvalue weighted by Gasteiger charge is 2.28. The Kier molecular flexibility index (Phi) is 5.58. The van der Waals surface area contributed by atoms with Gasteiger partial charge in [-0.2, -0.15) is 0 Å². The van der Waals surface area contributed by atoms with E-state index in [0.29, 0.717) is 29.7 Å². The van der Waals surface area contributed by atoms with Crippen LogP contribution in [0, 0.1) is 0 Å². The molecule has 1 aliphatic rings. The van der Waals surface area contributed by atoms with Crippen LogP contribution in [0.15, 0.2) is 18.2 Å². The number of carbonyl (C=O) groups is 2. The molecule has 2 atom stereocenters. The molecule has 1 aromatic carbocycles. The smallest absolute Gasteiger partial charge is 0.287 e. The summed E-state index contributed by atoms with van der Waals surface area (Å²) in [5.74, 6) is -1.16. The minimum absolute atomic E-state index is 0.360. The van der Waals surface area contributed by atoms with Crippen LogP contribution in [0.1, 0.15) is 18.6 Å². The van der Waals surface area contributed by atoms with E-state index in [9.17, 15) is 9.59 Å². The number of ether oxygens (including phenoxy) is 1. The van der Waals surface area contributed by atoms with Gasteiger partial charge in [-0.05, 0) is 17.7 Å². The quantitative estimate of drug-likeness (QED) is 0.828. The first kappa shape index (κ1) is 16.2. The third-order valence-corrected chi connectivity index (χ3v) is 3.95. The summed E-state index contributed by atoms with van der Waals surface area (Å²) in [7, 11) is 0. The highest BCUT2D eigenvalue weighted by molar-refractivity contribution is 6.42. The number of rotatable bonds is 3. The van der Waals surface area contributed by atoms with Crippen LogP contribution < -0.4 is 10.6 Å². The standard InChI is InChI=1S/C14H16Cl2N2O3/c1-8(19)14(20)18-12-7-17-4-5-21-13(12)9-2-3-10(15)11(16)6-9/h2-3,6,12-13,17H,4-5,7H2,1H3,(H,18,20)/t12-,13+/m1/s1. The van der Waals surface area contributed by atoms with E-state index in [-0.39, 0.29) is 6.04 Å². The van der Waals surface area contributed by atoms with Gasteiger partial charge in [0.25, 0.3) is 5.91 Å². The van der Waals surface area contributed by atoms with Gasteiger partial charge in [0.15, 0.2) is 0 Å². The van der Waals surface area contributed by atoms with Gasteiger partial charge in [0.2, 0.25) is 5.78 Å². The molecule has 2 N–H and O–H groups in total. The summed E-state index contributed by atoms with van der Waals surface area (Å²) in [4.78, 5) is 22.8. The van der Waals surface area contributed by atoms with Gasteiger partial charge in [-0.15, -0.1) is 0 Å². The molecule has 7 heteroatoms. The van der Waals surface area contributed by atoms with Gasteiger partial charge in [0, 0.05) is 20.0 Å². The molecule has 0 spiro atoms. The second kappa shape index (κ2) is 7.22. The van der Waals surface area contributed by atoms with Crippen LogP contribution in [0.25, 0.3) is 0 Å². The van der Waals surface area contributed by atoms with E-state index in [1.807, 2.05) is 0 Å². The highest BCUT2D eigenvalue weighted by atomic mass is 35.5. The number of amides is 1. The molecule has 1 fully saturated rings. The van der Waals surface area contributed by atoms with Crippen molar-refractivity contribution in [2.24, 2.45) is 0 Å². The molecular weight excluding hydrogens is 315 g/mol. The van der Waals surface area contributed by atoms with Crippen LogP contribution in [-0.2, 0) is 14.3 Å². The zero-order chi connectivity index (χ0) is 15.4. The Balaban J connectivity index is 2.24. The lowest BCUT2D eigenvalue weighted by Crippen LogP contribution is -2.46. The molecule has 0 saturated carbocycles. The molecule has 1 amide bonds. The number of benzene rings is 1. The largest absolute Gasteiger partial charge is 0.370 e. The molecule has 1 aromatic rings. The predicted molar refractivity (Wildman–Crippen MR) is 80.6 cm³/mol. The maximum atomic E-state index is 11.6. The fraction of sp³-hybridized carbons (Fsp3) is 0.429. The van der Waals surface area contributed by atoms with E-state index in [4.69, 9.17) is 27.9 Å². The molecule has 0 radical (unpaired) electrons. The molecule has 0 aromatic heterocycles. The van der Waals surface area contributed by atoms with Crippen molar-refractivity contribution in [3.63, 3.8) is 0 Å². The number of halogens is 2. The number of nitrogens with one attached hydrogen (secondary N) is 2. The topological polar surface area (TPSA) is 67.4 Å². The lowest BCUT2D eigenvalue weighted by molar-refractivity contribution is -0.137. The van der Waals surface area contributed by atoms with Crippen molar-refractivity contribution in [1.29, 1.82) is 0 Å². The summed E-state index contributed by atoms with van der Waals surface area (Å²) in [5.41, 5.74) is 0.807. The summed E-state index contributed by atoms with van der Waals surface area (Å²) in [6.07, 6.45) is -0.391. The molecule has 1 heterocycles. The Morgan fingerprint density at radius 1 is 1.33 bits per heavy atom. The minimum Gasteiger partial charge on any atom is -0.370 e. The van der Waals surface area contributed by atoms with Gasteiger partial charge in [0.1, 0.15) is 6.10 Å². The predicted octanol–water partition coefficient (Wildman–Crippen LogP) is 1.73. The van der Waals surface area contributed by atoms with E-state index >= 15 is 0 Å². The normalized spacial score (nSPS) is 22.4. The van der Waals surface area contributed by atoms with Crippen molar-refractivity contribution < 1.29 is 14.3 Å². The highest BCUT2D eigenvalue weighted by Crippen LogP contribution is 2.29. The second-order valence-electron chi connectivity index (χ2n) is 4.81. The van der Waals surface area contributed by atoms with Gasteiger partial charge in [-0.3, -0.25) is 9.59 Å². The Morgan fingerprint density at radius 2 is 2.10 bits per heavy atom. The fourth-order valence-corrected chi connectivity index (χ4v) is 2.46. The van der Waals surface area contributed by atoms with Crippen molar-refractivity contribution in [3.05, 3.63) is 33.8 Å². The molecule has 5 nitrogen and oxygen atoms in total. The van der Waals surface area contributed by atoms with Crippen molar-refractivity contribution in [2.75, 3.05) is 19.7 Å². The van der Waals surface area contributed by atoms with E-state index < -0.39 is 17.8 Å². The van der Waals surface area contributed by atoms with Gasteiger partial charge >= 0.3 is 0 Å². The summed E-state index contributed by atoms with van der Waals surface area (Å²) < 4.78 is 5.79. The third-order valence-electron chi connectivity index (χ3n) is 3.21. The number of hydrogen-bond acceptors (Lipinski definition) is 4. The number of Topliss-reactive ketones (excluding diaryl/α,β-unsaturated/α-hetero) is 1. The zero-order valence-electron chi connectivity index (χ0n) is 11.5. The Morgan fingerprint density at radius 3 is 2.76 bits per heavy atom. The number of ketones is 1. The third kappa shape index (κ3) is 4.17. The Labute approximate surface area is 132 Å². The summed E-state index contributed by atoms with van der Waals surface area (Å²) >= 11 is 11.9. The Hall–Kier alpha value is -1.14. The monoisotopic (exact) mass is 330 g/mol. The first-order chi connectivity index (χ1) is 9.99. The van der Waals surface area contributed by atoms with Gasteiger partial charge in [0.05, 0.1) is 22.7 Å². The van der Waals surface area contributed by atoms with Crippen molar-refractivity contribution >= 4 is 34.9 Å².